The number of halogens is 1. The van der Waals surface area contributed by atoms with Gasteiger partial charge in [-0.15, -0.1) is 0 Å². The lowest BCUT2D eigenvalue weighted by Gasteiger charge is -2.19. The van der Waals surface area contributed by atoms with Crippen LogP contribution < -0.4 is 5.32 Å². The third kappa shape index (κ3) is 7.56. The third-order valence-electron chi connectivity index (χ3n) is 3.40. The average Bonchev–Trinajstić information content (AvgIpc) is 2.46. The lowest BCUT2D eigenvalue weighted by Crippen LogP contribution is -2.28. The van der Waals surface area contributed by atoms with Crippen LogP contribution in [-0.2, 0) is 9.59 Å². The molecule has 1 rings (SSSR count). The van der Waals surface area contributed by atoms with Crippen LogP contribution in [0.2, 0.25) is 5.02 Å². The van der Waals surface area contributed by atoms with Crippen molar-refractivity contribution in [2.45, 2.75) is 40.0 Å². The van der Waals surface area contributed by atoms with Crippen LogP contribution in [0.15, 0.2) is 18.2 Å². The van der Waals surface area contributed by atoms with Crippen LogP contribution in [0, 0.1) is 5.41 Å². The zero-order chi connectivity index (χ0) is 19.2. The molecule has 25 heavy (non-hydrogen) atoms. The number of aliphatic carboxylic acids is 1. The Morgan fingerprint density at radius 2 is 1.88 bits per heavy atom. The minimum absolute atomic E-state index is 0.00570. The smallest absolute Gasteiger partial charge is 0.303 e. The summed E-state index contributed by atoms with van der Waals surface area (Å²) in [6, 6.07) is 4.75. The zero-order valence-electron chi connectivity index (χ0n) is 15.1. The molecule has 0 aliphatic carbocycles. The minimum atomic E-state index is -0.901. The number of rotatable bonds is 7. The molecule has 2 N–H and O–H groups in total. The monoisotopic (exact) mass is 368 g/mol. The normalized spacial score (nSPS) is 11.1. The lowest BCUT2D eigenvalue weighted by molar-refractivity contribution is -0.137. The number of carboxylic acids is 1. The minimum Gasteiger partial charge on any atom is -0.481 e. The number of carbonyl (C=O) groups excluding carboxylic acids is 2. The molecule has 0 atom stereocenters. The first kappa shape index (κ1) is 21.0. The van der Waals surface area contributed by atoms with Crippen LogP contribution in [0.1, 0.15) is 50.4 Å². The molecule has 0 spiro atoms. The summed E-state index contributed by atoms with van der Waals surface area (Å²) >= 11 is 6.11. The van der Waals surface area contributed by atoms with Crippen molar-refractivity contribution in [3.8, 4) is 0 Å². The molecule has 0 aliphatic heterocycles. The average molecular weight is 369 g/mol. The molecule has 2 amide bonds. The topological polar surface area (TPSA) is 86.7 Å². The Morgan fingerprint density at radius 3 is 2.44 bits per heavy atom. The van der Waals surface area contributed by atoms with Gasteiger partial charge in [-0.3, -0.25) is 14.4 Å². The SMILES string of the molecule is CN(CCCC(=O)O)C(=O)c1cc(NC(=O)CC(C)(C)C)ccc1Cl. The fourth-order valence-electron chi connectivity index (χ4n) is 2.23. The number of carbonyl (C=O) groups is 3. The Bertz CT molecular complexity index is 653. The lowest BCUT2D eigenvalue weighted by atomic mass is 9.92. The van der Waals surface area contributed by atoms with Gasteiger partial charge in [0.1, 0.15) is 0 Å². The molecule has 1 aromatic carbocycles. The van der Waals surface area contributed by atoms with E-state index in [0.717, 1.165) is 0 Å². The molecule has 0 unspecified atom stereocenters. The van der Waals surface area contributed by atoms with Gasteiger partial charge in [0, 0.05) is 32.1 Å². The van der Waals surface area contributed by atoms with Crippen molar-refractivity contribution in [3.05, 3.63) is 28.8 Å². The Labute approximate surface area is 153 Å². The molecule has 0 heterocycles. The van der Waals surface area contributed by atoms with E-state index in [4.69, 9.17) is 16.7 Å². The Morgan fingerprint density at radius 1 is 1.24 bits per heavy atom. The Balaban J connectivity index is 2.81. The highest BCUT2D eigenvalue weighted by molar-refractivity contribution is 6.34. The molecule has 0 saturated heterocycles. The molecular weight excluding hydrogens is 344 g/mol. The highest BCUT2D eigenvalue weighted by Crippen LogP contribution is 2.24. The van der Waals surface area contributed by atoms with Crippen molar-refractivity contribution >= 4 is 35.1 Å². The number of amides is 2. The third-order valence-corrected chi connectivity index (χ3v) is 3.73. The van der Waals surface area contributed by atoms with Gasteiger partial charge in [0.25, 0.3) is 5.91 Å². The molecule has 0 saturated carbocycles. The Kier molecular flexibility index (Phi) is 7.42. The van der Waals surface area contributed by atoms with Crippen molar-refractivity contribution in [2.24, 2.45) is 5.41 Å². The van der Waals surface area contributed by atoms with E-state index in [-0.39, 0.29) is 34.2 Å². The number of hydrogen-bond acceptors (Lipinski definition) is 3. The first-order chi connectivity index (χ1) is 11.5. The molecule has 0 aromatic heterocycles. The first-order valence-corrected chi connectivity index (χ1v) is 8.44. The van der Waals surface area contributed by atoms with E-state index in [2.05, 4.69) is 5.32 Å². The molecule has 0 bridgehead atoms. The van der Waals surface area contributed by atoms with Crippen molar-refractivity contribution in [3.63, 3.8) is 0 Å². The molecule has 138 valence electrons. The van der Waals surface area contributed by atoms with Crippen LogP contribution in [0.5, 0.6) is 0 Å². The second-order valence-electron chi connectivity index (χ2n) is 7.20. The summed E-state index contributed by atoms with van der Waals surface area (Å²) in [6.07, 6.45) is 0.708. The summed E-state index contributed by atoms with van der Waals surface area (Å²) in [6.45, 7) is 6.21. The summed E-state index contributed by atoms with van der Waals surface area (Å²) in [5.41, 5.74) is 0.633. The molecule has 0 fully saturated rings. The maximum absolute atomic E-state index is 12.5. The van der Waals surface area contributed by atoms with Crippen LogP contribution in [-0.4, -0.2) is 41.4 Å². The largest absolute Gasteiger partial charge is 0.481 e. The van der Waals surface area contributed by atoms with E-state index in [1.807, 2.05) is 20.8 Å². The molecule has 0 radical (unpaired) electrons. The quantitative estimate of drug-likeness (QED) is 0.769. The van der Waals surface area contributed by atoms with Crippen molar-refractivity contribution in [2.75, 3.05) is 18.9 Å². The fourth-order valence-corrected chi connectivity index (χ4v) is 2.43. The number of benzene rings is 1. The van der Waals surface area contributed by atoms with Crippen LogP contribution >= 0.6 is 11.6 Å². The highest BCUT2D eigenvalue weighted by atomic mass is 35.5. The maximum Gasteiger partial charge on any atom is 0.303 e. The number of carboxylic acid groups (broad SMARTS) is 1. The second kappa shape index (κ2) is 8.85. The van der Waals surface area contributed by atoms with Gasteiger partial charge in [-0.25, -0.2) is 0 Å². The highest BCUT2D eigenvalue weighted by Gasteiger charge is 2.19. The van der Waals surface area contributed by atoms with Crippen LogP contribution in [0.4, 0.5) is 5.69 Å². The van der Waals surface area contributed by atoms with Crippen molar-refractivity contribution in [1.82, 2.24) is 4.90 Å². The maximum atomic E-state index is 12.5. The first-order valence-electron chi connectivity index (χ1n) is 8.06. The summed E-state index contributed by atoms with van der Waals surface area (Å²) in [5.74, 6) is -1.35. The molecule has 1 aromatic rings. The summed E-state index contributed by atoms with van der Waals surface area (Å²) in [4.78, 5) is 36.5. The predicted octanol–water partition coefficient (Wildman–Crippen LogP) is 3.65. The van der Waals surface area contributed by atoms with Gasteiger partial charge in [0.05, 0.1) is 10.6 Å². The molecular formula is C18H25ClN2O4. The van der Waals surface area contributed by atoms with Gasteiger partial charge in [-0.1, -0.05) is 32.4 Å². The standard InChI is InChI=1S/C18H25ClN2O4/c1-18(2,3)11-15(22)20-12-7-8-14(19)13(10-12)17(25)21(4)9-5-6-16(23)24/h7-8,10H,5-6,9,11H2,1-4H3,(H,20,22)(H,23,24). The summed E-state index contributed by atoms with van der Waals surface area (Å²) < 4.78 is 0. The zero-order valence-corrected chi connectivity index (χ0v) is 15.8. The Hall–Kier alpha value is -2.08. The van der Waals surface area contributed by atoms with E-state index in [1.54, 1.807) is 25.2 Å². The predicted molar refractivity (Wildman–Crippen MR) is 98.0 cm³/mol. The van der Waals surface area contributed by atoms with Gasteiger partial charge in [0.2, 0.25) is 5.91 Å². The van der Waals surface area contributed by atoms with Gasteiger partial charge >= 0.3 is 5.97 Å². The van der Waals surface area contributed by atoms with Gasteiger partial charge in [0.15, 0.2) is 0 Å². The van der Waals surface area contributed by atoms with E-state index < -0.39 is 5.97 Å². The molecule has 7 heteroatoms. The van der Waals surface area contributed by atoms with Crippen LogP contribution in [0.25, 0.3) is 0 Å². The van der Waals surface area contributed by atoms with E-state index >= 15 is 0 Å². The number of nitrogens with zero attached hydrogens (tertiary/aromatic N) is 1. The number of anilines is 1. The molecule has 6 nitrogen and oxygen atoms in total. The molecule has 0 aliphatic rings. The van der Waals surface area contributed by atoms with Gasteiger partial charge < -0.3 is 15.3 Å². The van der Waals surface area contributed by atoms with Crippen LogP contribution in [0.3, 0.4) is 0 Å². The number of hydrogen-bond donors (Lipinski definition) is 2. The van der Waals surface area contributed by atoms with Crippen molar-refractivity contribution < 1.29 is 19.5 Å². The van der Waals surface area contributed by atoms with E-state index in [1.165, 1.54) is 4.90 Å². The van der Waals surface area contributed by atoms with Crippen molar-refractivity contribution in [1.29, 1.82) is 0 Å². The number of nitrogens with one attached hydrogen (secondary N) is 1. The van der Waals surface area contributed by atoms with E-state index in [9.17, 15) is 14.4 Å². The van der Waals surface area contributed by atoms with Gasteiger partial charge in [-0.05, 0) is 30.0 Å². The summed E-state index contributed by atoms with van der Waals surface area (Å²) in [5, 5.41) is 11.7. The fraction of sp³-hybridized carbons (Fsp3) is 0.500. The van der Waals surface area contributed by atoms with E-state index in [0.29, 0.717) is 25.1 Å². The van der Waals surface area contributed by atoms with Gasteiger partial charge in [-0.2, -0.15) is 0 Å². The summed E-state index contributed by atoms with van der Waals surface area (Å²) in [7, 11) is 1.59. The second-order valence-corrected chi connectivity index (χ2v) is 7.61.